The topological polar surface area (TPSA) is 118 Å². The highest BCUT2D eigenvalue weighted by molar-refractivity contribution is 6.31. The summed E-state index contributed by atoms with van der Waals surface area (Å²) in [5, 5.41) is 0.764. The highest BCUT2D eigenvalue weighted by Crippen LogP contribution is 2.37. The number of likely N-dealkylation sites (tertiary alicyclic amines) is 1. The predicted molar refractivity (Wildman–Crippen MR) is 187 cm³/mol. The van der Waals surface area contributed by atoms with Crippen molar-refractivity contribution >= 4 is 28.5 Å². The maximum Gasteiger partial charge on any atom is 0.354 e. The second-order valence-corrected chi connectivity index (χ2v) is 13.7. The maximum atomic E-state index is 15.2. The molecule has 0 aliphatic carbocycles. The molecule has 8 nitrogen and oxygen atoms in total. The van der Waals surface area contributed by atoms with Gasteiger partial charge in [-0.15, -0.1) is 0 Å². The minimum absolute atomic E-state index is 0.0648. The number of piperidine rings is 1. The van der Waals surface area contributed by atoms with E-state index in [0.29, 0.717) is 46.1 Å². The number of benzene rings is 2. The molecule has 5 rings (SSSR count). The van der Waals surface area contributed by atoms with Gasteiger partial charge in [-0.1, -0.05) is 37.6 Å². The lowest BCUT2D eigenvalue weighted by atomic mass is 9.88. The predicted octanol–water partition coefficient (Wildman–Crippen LogP) is 7.16. The first kappa shape index (κ1) is 33.8. The molecule has 1 fully saturated rings. The number of hydrogen-bond donors (Lipinski definition) is 3. The third kappa shape index (κ3) is 8.06. The first-order chi connectivity index (χ1) is 22.0. The second-order valence-electron chi connectivity index (χ2n) is 13.3. The van der Waals surface area contributed by atoms with Gasteiger partial charge in [-0.25, -0.2) is 9.18 Å². The van der Waals surface area contributed by atoms with Crippen LogP contribution in [-0.4, -0.2) is 50.4 Å². The molecule has 2 aromatic carbocycles. The van der Waals surface area contributed by atoms with Crippen LogP contribution >= 0.6 is 11.6 Å². The first-order valence-corrected chi connectivity index (χ1v) is 16.9. The molecule has 0 unspecified atom stereocenters. The van der Waals surface area contributed by atoms with Crippen molar-refractivity contribution < 1.29 is 4.39 Å². The van der Waals surface area contributed by atoms with Gasteiger partial charge in [0.2, 0.25) is 0 Å². The third-order valence-corrected chi connectivity index (χ3v) is 9.13. The monoisotopic (exact) mass is 647 g/mol. The summed E-state index contributed by atoms with van der Waals surface area (Å²) in [4.78, 5) is 27.7. The lowest BCUT2D eigenvalue weighted by Crippen LogP contribution is -2.44. The SMILES string of the molecule is CC(N)=NCC[C@@H]1CCC[C@@H](c2ccc(-n3cc4cc(-c5cc(CCC[C@H](C)N)cc(Cl)c5F)[nH]c4nc3=O)cc2)N1CC(C)C. The minimum atomic E-state index is -0.506. The number of aliphatic imine (C=N–C) groups is 1. The van der Waals surface area contributed by atoms with E-state index in [-0.39, 0.29) is 11.1 Å². The molecule has 0 radical (unpaired) electrons. The number of amidine groups is 1. The van der Waals surface area contributed by atoms with E-state index in [4.69, 9.17) is 23.1 Å². The molecule has 0 spiro atoms. The number of nitrogens with one attached hydrogen (secondary N) is 1. The van der Waals surface area contributed by atoms with Gasteiger partial charge in [0.25, 0.3) is 0 Å². The summed E-state index contributed by atoms with van der Waals surface area (Å²) in [7, 11) is 0. The average Bonchev–Trinajstić information content (AvgIpc) is 3.41. The number of halogens is 2. The van der Waals surface area contributed by atoms with Crippen LogP contribution < -0.4 is 17.2 Å². The highest BCUT2D eigenvalue weighted by atomic mass is 35.5. The Bertz CT molecular complexity index is 1720. The van der Waals surface area contributed by atoms with Crippen molar-refractivity contribution in [3.8, 4) is 16.9 Å². The van der Waals surface area contributed by atoms with E-state index in [1.54, 1.807) is 16.8 Å². The zero-order valence-corrected chi connectivity index (χ0v) is 28.2. The molecule has 0 bridgehead atoms. The Balaban J connectivity index is 1.40. The Hall–Kier alpha value is -3.53. The normalized spacial score (nSPS) is 18.5. The van der Waals surface area contributed by atoms with Gasteiger partial charge >= 0.3 is 5.69 Å². The number of aryl methyl sites for hydroxylation is 1. The zero-order chi connectivity index (χ0) is 33.0. The molecule has 1 saturated heterocycles. The summed E-state index contributed by atoms with van der Waals surface area (Å²) in [5.41, 5.74) is 15.5. The van der Waals surface area contributed by atoms with Crippen LogP contribution in [-0.2, 0) is 6.42 Å². The van der Waals surface area contributed by atoms with E-state index in [0.717, 1.165) is 69.3 Å². The molecule has 3 atom stereocenters. The number of aromatic nitrogens is 3. The van der Waals surface area contributed by atoms with Crippen LogP contribution in [0.25, 0.3) is 28.0 Å². The molecule has 0 saturated carbocycles. The number of aromatic amines is 1. The molecule has 5 N–H and O–H groups in total. The second kappa shape index (κ2) is 14.9. The van der Waals surface area contributed by atoms with Gasteiger partial charge in [0, 0.05) is 48.4 Å². The van der Waals surface area contributed by atoms with Crippen molar-refractivity contribution in [1.82, 2.24) is 19.4 Å². The van der Waals surface area contributed by atoms with Crippen LogP contribution in [0.4, 0.5) is 4.39 Å². The van der Waals surface area contributed by atoms with Gasteiger partial charge in [0.15, 0.2) is 5.82 Å². The van der Waals surface area contributed by atoms with E-state index >= 15 is 4.39 Å². The molecule has 3 heterocycles. The maximum absolute atomic E-state index is 15.2. The Kier molecular flexibility index (Phi) is 11.0. The Morgan fingerprint density at radius 2 is 1.93 bits per heavy atom. The van der Waals surface area contributed by atoms with Crippen molar-refractivity contribution in [2.75, 3.05) is 13.1 Å². The molecule has 46 heavy (non-hydrogen) atoms. The number of nitrogens with two attached hydrogens (primary N) is 2. The summed E-state index contributed by atoms with van der Waals surface area (Å²) >= 11 is 6.29. The van der Waals surface area contributed by atoms with E-state index in [1.165, 1.54) is 5.56 Å². The fraction of sp³-hybridized carbons (Fsp3) is 0.472. The lowest BCUT2D eigenvalue weighted by Gasteiger charge is -2.43. The van der Waals surface area contributed by atoms with E-state index < -0.39 is 11.5 Å². The molecule has 0 amide bonds. The Morgan fingerprint density at radius 1 is 1.17 bits per heavy atom. The average molecular weight is 648 g/mol. The van der Waals surface area contributed by atoms with E-state index in [2.05, 4.69) is 45.8 Å². The van der Waals surface area contributed by atoms with Crippen LogP contribution in [0.5, 0.6) is 0 Å². The fourth-order valence-corrected chi connectivity index (χ4v) is 6.93. The Labute approximate surface area is 276 Å². The van der Waals surface area contributed by atoms with Gasteiger partial charge in [-0.3, -0.25) is 14.5 Å². The van der Waals surface area contributed by atoms with Gasteiger partial charge in [0.05, 0.1) is 22.2 Å². The van der Waals surface area contributed by atoms with Crippen molar-refractivity contribution in [2.24, 2.45) is 22.4 Å². The zero-order valence-electron chi connectivity index (χ0n) is 27.4. The summed E-state index contributed by atoms with van der Waals surface area (Å²) in [6.45, 7) is 10.1. The van der Waals surface area contributed by atoms with Crippen molar-refractivity contribution in [1.29, 1.82) is 0 Å². The minimum Gasteiger partial charge on any atom is -0.388 e. The number of hydrogen-bond acceptors (Lipinski definition) is 5. The number of rotatable bonds is 12. The molecule has 10 heteroatoms. The van der Waals surface area contributed by atoms with Crippen LogP contribution in [0.1, 0.15) is 83.4 Å². The van der Waals surface area contributed by atoms with Crippen molar-refractivity contribution in [2.45, 2.75) is 90.8 Å². The quantitative estimate of drug-likeness (QED) is 0.111. The first-order valence-electron chi connectivity index (χ1n) is 16.5. The highest BCUT2D eigenvalue weighted by Gasteiger charge is 2.31. The molecule has 246 valence electrons. The third-order valence-electron chi connectivity index (χ3n) is 8.85. The van der Waals surface area contributed by atoms with Crippen LogP contribution in [0.15, 0.2) is 58.4 Å². The van der Waals surface area contributed by atoms with Crippen LogP contribution in [0.2, 0.25) is 5.02 Å². The van der Waals surface area contributed by atoms with Crippen molar-refractivity contribution in [3.63, 3.8) is 0 Å². The van der Waals surface area contributed by atoms with Gasteiger partial charge in [-0.2, -0.15) is 4.98 Å². The summed E-state index contributed by atoms with van der Waals surface area (Å²) in [6, 6.07) is 14.4. The molecule has 4 aromatic rings. The Morgan fingerprint density at radius 3 is 2.63 bits per heavy atom. The number of H-pyrrole nitrogens is 1. The fourth-order valence-electron chi connectivity index (χ4n) is 6.68. The smallest absolute Gasteiger partial charge is 0.354 e. The molecular weight excluding hydrogens is 601 g/mol. The van der Waals surface area contributed by atoms with Gasteiger partial charge < -0.3 is 16.5 Å². The molecule has 1 aliphatic rings. The van der Waals surface area contributed by atoms with Crippen LogP contribution in [0.3, 0.4) is 0 Å². The van der Waals surface area contributed by atoms with Crippen molar-refractivity contribution in [3.05, 3.63) is 81.1 Å². The summed E-state index contributed by atoms with van der Waals surface area (Å²) in [6.07, 6.45) is 8.66. The van der Waals surface area contributed by atoms with Gasteiger partial charge in [-0.05, 0) is 106 Å². The molecule has 2 aromatic heterocycles. The molecular formula is C36H47ClFN7O. The van der Waals surface area contributed by atoms with Crippen LogP contribution in [0, 0.1) is 11.7 Å². The lowest BCUT2D eigenvalue weighted by molar-refractivity contribution is 0.0659. The summed E-state index contributed by atoms with van der Waals surface area (Å²) in [5.74, 6) is 0.664. The largest absolute Gasteiger partial charge is 0.388 e. The molecule has 1 aliphatic heterocycles. The van der Waals surface area contributed by atoms with E-state index in [9.17, 15) is 4.79 Å². The van der Waals surface area contributed by atoms with Gasteiger partial charge in [0.1, 0.15) is 5.65 Å². The number of nitrogens with zero attached hydrogens (tertiary/aromatic N) is 4. The summed E-state index contributed by atoms with van der Waals surface area (Å²) < 4.78 is 16.7. The standard InChI is InChI=1S/C36H47ClFN7O/c1-22(2)20-44-28(15-16-41-24(4)40)9-6-10-33(44)26-11-13-29(14-12-26)45-21-27-19-32(42-35(27)43-36(45)46)30-17-25(8-5-7-23(3)39)18-31(37)34(30)38/h11-14,17-19,21-23,28,33H,5-10,15-16,20,39H2,1-4H3,(H2,40,41)(H,42,43,46)/t23-,28-,33-/m0/s1. The number of fused-ring (bicyclic) bond motifs is 1. The van der Waals surface area contributed by atoms with E-state index in [1.807, 2.05) is 38.1 Å².